The minimum Gasteiger partial charge on any atom is -0.496 e. The summed E-state index contributed by atoms with van der Waals surface area (Å²) >= 11 is 0. The van der Waals surface area contributed by atoms with Gasteiger partial charge in [-0.2, -0.15) is 0 Å². The van der Waals surface area contributed by atoms with Gasteiger partial charge in [0.2, 0.25) is 0 Å². The van der Waals surface area contributed by atoms with Crippen LogP contribution in [0.15, 0.2) is 18.2 Å². The molecular weight excluding hydrogens is 298 g/mol. The van der Waals surface area contributed by atoms with Crippen LogP contribution in [0, 0.1) is 0 Å². The van der Waals surface area contributed by atoms with Gasteiger partial charge in [-0.05, 0) is 24.7 Å². The Balaban J connectivity index is 2.78. The fraction of sp³-hybridized carbons (Fsp3) is 0.538. The molecule has 0 aliphatic rings. The van der Waals surface area contributed by atoms with E-state index in [0.29, 0.717) is 18.0 Å². The highest BCUT2D eigenvalue weighted by atomic mass is 32.2. The number of rotatable bonds is 8. The first-order chi connectivity index (χ1) is 9.35. The number of nitrogens with one attached hydrogen (secondary N) is 1. The summed E-state index contributed by atoms with van der Waals surface area (Å²) in [5, 5.41) is 3.05. The molecule has 0 radical (unpaired) electrons. The van der Waals surface area contributed by atoms with Crippen LogP contribution < -0.4 is 10.1 Å². The second kappa shape index (κ2) is 7.75. The van der Waals surface area contributed by atoms with Crippen LogP contribution in [0.25, 0.3) is 0 Å². The summed E-state index contributed by atoms with van der Waals surface area (Å²) in [5.74, 6) is 1.07. The molecule has 0 fully saturated rings. The molecule has 0 aliphatic carbocycles. The van der Waals surface area contributed by atoms with Crippen LogP contribution in [0.4, 0.5) is 0 Å². The summed E-state index contributed by atoms with van der Waals surface area (Å²) in [6.07, 6.45) is 1.15. The monoisotopic (exact) mass is 319 g/mol. The molecule has 0 amide bonds. The molecule has 5 nitrogen and oxygen atoms in total. The summed E-state index contributed by atoms with van der Waals surface area (Å²) in [4.78, 5) is 0. The van der Waals surface area contributed by atoms with E-state index in [9.17, 15) is 12.6 Å². The number of hydrogen-bond acceptors (Lipinski definition) is 5. The third-order valence-electron chi connectivity index (χ3n) is 2.72. The third kappa shape index (κ3) is 6.02. The molecule has 1 rings (SSSR count). The normalized spacial score (nSPS) is 13.2. The minimum absolute atomic E-state index is 0.0574. The van der Waals surface area contributed by atoms with E-state index in [1.54, 1.807) is 7.11 Å². The van der Waals surface area contributed by atoms with Crippen molar-refractivity contribution in [1.82, 2.24) is 5.32 Å². The summed E-state index contributed by atoms with van der Waals surface area (Å²) < 4.78 is 39.4. The van der Waals surface area contributed by atoms with Gasteiger partial charge in [0.25, 0.3) is 0 Å². The maximum absolute atomic E-state index is 12.0. The molecule has 1 atom stereocenters. The Morgan fingerprint density at radius 3 is 2.60 bits per heavy atom. The van der Waals surface area contributed by atoms with Crippen LogP contribution in [0.1, 0.15) is 11.1 Å². The van der Waals surface area contributed by atoms with Crippen LogP contribution in [0.3, 0.4) is 0 Å². The number of sulfone groups is 1. The maximum atomic E-state index is 12.0. The van der Waals surface area contributed by atoms with Crippen LogP contribution in [0.5, 0.6) is 5.75 Å². The smallest absolute Gasteiger partial charge is 0.148 e. The van der Waals surface area contributed by atoms with Crippen molar-refractivity contribution < 1.29 is 17.4 Å². The van der Waals surface area contributed by atoms with Gasteiger partial charge in [0.05, 0.1) is 18.6 Å². The van der Waals surface area contributed by atoms with E-state index in [4.69, 9.17) is 4.74 Å². The first kappa shape index (κ1) is 17.1. The maximum Gasteiger partial charge on any atom is 0.148 e. The molecule has 0 heterocycles. The zero-order chi connectivity index (χ0) is 15.2. The van der Waals surface area contributed by atoms with Crippen molar-refractivity contribution >= 4 is 20.6 Å². The van der Waals surface area contributed by atoms with Gasteiger partial charge in [-0.3, -0.25) is 4.21 Å². The van der Waals surface area contributed by atoms with E-state index in [-0.39, 0.29) is 11.5 Å². The lowest BCUT2D eigenvalue weighted by molar-refractivity contribution is 0.411. The molecule has 0 saturated heterocycles. The Hall–Kier alpha value is -0.920. The fourth-order valence-electron chi connectivity index (χ4n) is 1.75. The average molecular weight is 319 g/mol. The molecule has 0 aromatic heterocycles. The highest BCUT2D eigenvalue weighted by Gasteiger charge is 2.11. The van der Waals surface area contributed by atoms with E-state index in [2.05, 4.69) is 5.32 Å². The number of benzene rings is 1. The third-order valence-corrected chi connectivity index (χ3v) is 5.22. The predicted molar refractivity (Wildman–Crippen MR) is 82.2 cm³/mol. The van der Waals surface area contributed by atoms with Gasteiger partial charge in [0.15, 0.2) is 0 Å². The lowest BCUT2D eigenvalue weighted by atomic mass is 10.1. The van der Waals surface area contributed by atoms with Gasteiger partial charge in [-0.15, -0.1) is 0 Å². The SMILES string of the molecule is CNCc1ccc(OC)c(CS(=O)CCS(C)(=O)=O)c1. The Kier molecular flexibility index (Phi) is 6.64. The van der Waals surface area contributed by atoms with Crippen molar-refractivity contribution in [1.29, 1.82) is 0 Å². The van der Waals surface area contributed by atoms with Gasteiger partial charge in [-0.25, -0.2) is 8.42 Å². The topological polar surface area (TPSA) is 72.5 Å². The standard InChI is InChI=1S/C13H21NO4S2/c1-14-9-11-4-5-13(18-2)12(8-11)10-19(15)6-7-20(3,16)17/h4-5,8,14H,6-7,9-10H2,1-3H3. The molecule has 0 bridgehead atoms. The Bertz CT molecular complexity index is 570. The molecule has 0 saturated carbocycles. The molecule has 0 spiro atoms. The fourth-order valence-corrected chi connectivity index (χ4v) is 4.42. The first-order valence-electron chi connectivity index (χ1n) is 6.19. The Morgan fingerprint density at radius 1 is 1.35 bits per heavy atom. The van der Waals surface area contributed by atoms with Crippen LogP contribution >= 0.6 is 0 Å². The number of methoxy groups -OCH3 is 1. The molecule has 0 aliphatic heterocycles. The van der Waals surface area contributed by atoms with Crippen molar-refractivity contribution in [3.05, 3.63) is 29.3 Å². The van der Waals surface area contributed by atoms with E-state index >= 15 is 0 Å². The van der Waals surface area contributed by atoms with Crippen LogP contribution in [-0.2, 0) is 32.9 Å². The quantitative estimate of drug-likeness (QED) is 0.764. The lowest BCUT2D eigenvalue weighted by Crippen LogP contribution is -2.13. The largest absolute Gasteiger partial charge is 0.496 e. The second-order valence-electron chi connectivity index (χ2n) is 4.59. The number of hydrogen-bond donors (Lipinski definition) is 1. The highest BCUT2D eigenvalue weighted by molar-refractivity contribution is 7.92. The molecular formula is C13H21NO4S2. The molecule has 1 aromatic carbocycles. The molecule has 7 heteroatoms. The van der Waals surface area contributed by atoms with Crippen molar-refractivity contribution in [2.45, 2.75) is 12.3 Å². The average Bonchev–Trinajstić information content (AvgIpc) is 2.36. The van der Waals surface area contributed by atoms with Crippen molar-refractivity contribution in [2.75, 3.05) is 31.9 Å². The molecule has 1 aromatic rings. The number of ether oxygens (including phenoxy) is 1. The summed E-state index contributed by atoms with van der Waals surface area (Å²) in [5.41, 5.74) is 1.91. The molecule has 1 N–H and O–H groups in total. The second-order valence-corrected chi connectivity index (χ2v) is 8.43. The lowest BCUT2D eigenvalue weighted by Gasteiger charge is -2.10. The first-order valence-corrected chi connectivity index (χ1v) is 9.73. The van der Waals surface area contributed by atoms with Crippen molar-refractivity contribution in [3.8, 4) is 5.75 Å². The van der Waals surface area contributed by atoms with Crippen molar-refractivity contribution in [2.24, 2.45) is 0 Å². The van der Waals surface area contributed by atoms with Gasteiger partial charge in [0, 0.05) is 34.9 Å². The summed E-state index contributed by atoms with van der Waals surface area (Å²) in [6.45, 7) is 0.715. The van der Waals surface area contributed by atoms with E-state index in [1.165, 1.54) is 0 Å². The van der Waals surface area contributed by atoms with E-state index in [0.717, 1.165) is 17.4 Å². The molecule has 20 heavy (non-hydrogen) atoms. The summed E-state index contributed by atoms with van der Waals surface area (Å²) in [7, 11) is -0.879. The van der Waals surface area contributed by atoms with Crippen LogP contribution in [-0.4, -0.2) is 44.5 Å². The van der Waals surface area contributed by atoms with E-state index in [1.807, 2.05) is 25.2 Å². The Morgan fingerprint density at radius 2 is 2.05 bits per heavy atom. The predicted octanol–water partition coefficient (Wildman–Crippen LogP) is 0.708. The van der Waals surface area contributed by atoms with Gasteiger partial charge < -0.3 is 10.1 Å². The summed E-state index contributed by atoms with van der Waals surface area (Å²) in [6, 6.07) is 5.72. The van der Waals surface area contributed by atoms with E-state index < -0.39 is 20.6 Å². The zero-order valence-corrected chi connectivity index (χ0v) is 13.6. The van der Waals surface area contributed by atoms with Gasteiger partial charge in [0.1, 0.15) is 15.6 Å². The zero-order valence-electron chi connectivity index (χ0n) is 12.0. The van der Waals surface area contributed by atoms with Gasteiger partial charge in [-0.1, -0.05) is 6.07 Å². The van der Waals surface area contributed by atoms with Gasteiger partial charge >= 0.3 is 0 Å². The minimum atomic E-state index is -3.08. The molecule has 114 valence electrons. The Labute approximate surface area is 123 Å². The van der Waals surface area contributed by atoms with Crippen molar-refractivity contribution in [3.63, 3.8) is 0 Å². The van der Waals surface area contributed by atoms with Crippen LogP contribution in [0.2, 0.25) is 0 Å². The molecule has 1 unspecified atom stereocenters. The highest BCUT2D eigenvalue weighted by Crippen LogP contribution is 2.21.